The molecule has 1 saturated heterocycles. The average Bonchev–Trinajstić information content (AvgIpc) is 2.89. The van der Waals surface area contributed by atoms with Crippen LogP contribution in [0.4, 0.5) is 0 Å². The van der Waals surface area contributed by atoms with Crippen LogP contribution < -0.4 is 5.32 Å². The van der Waals surface area contributed by atoms with Gasteiger partial charge in [-0.05, 0) is 32.4 Å². The molecule has 1 fully saturated rings. The van der Waals surface area contributed by atoms with Crippen molar-refractivity contribution in [2.75, 3.05) is 6.54 Å². The van der Waals surface area contributed by atoms with Crippen molar-refractivity contribution < 1.29 is 0 Å². The van der Waals surface area contributed by atoms with Crippen LogP contribution >= 0.6 is 11.3 Å². The maximum absolute atomic E-state index is 4.80. The topological polar surface area (TPSA) is 24.9 Å². The third kappa shape index (κ3) is 2.47. The summed E-state index contributed by atoms with van der Waals surface area (Å²) in [5, 5.41) is 6.90. The molecule has 1 unspecified atom stereocenters. The summed E-state index contributed by atoms with van der Waals surface area (Å²) in [7, 11) is 0. The molecule has 1 aliphatic rings. The number of benzene rings is 1. The second kappa shape index (κ2) is 5.21. The van der Waals surface area contributed by atoms with Crippen molar-refractivity contribution in [3.8, 4) is 10.6 Å². The lowest BCUT2D eigenvalue weighted by molar-refractivity contribution is 0.407. The first-order chi connectivity index (χ1) is 8.83. The van der Waals surface area contributed by atoms with Crippen LogP contribution in [-0.2, 0) is 0 Å². The lowest BCUT2D eigenvalue weighted by atomic mass is 10.0. The van der Waals surface area contributed by atoms with E-state index in [1.165, 1.54) is 36.1 Å². The third-order valence-electron chi connectivity index (χ3n) is 3.45. The second-order valence-corrected chi connectivity index (χ2v) is 5.81. The van der Waals surface area contributed by atoms with Crippen LogP contribution in [0.1, 0.15) is 36.6 Å². The molecule has 0 saturated carbocycles. The molecule has 3 heteroatoms. The lowest BCUT2D eigenvalue weighted by Gasteiger charge is -2.21. The van der Waals surface area contributed by atoms with Gasteiger partial charge in [0.15, 0.2) is 0 Å². The molecule has 0 bridgehead atoms. The summed E-state index contributed by atoms with van der Waals surface area (Å²) in [6.45, 7) is 3.25. The SMILES string of the molecule is Cc1cccc(-c2nc(C3CCCCN3)cs2)c1. The molecular formula is C15H18N2S. The molecule has 1 aromatic heterocycles. The van der Waals surface area contributed by atoms with Gasteiger partial charge in [-0.2, -0.15) is 0 Å². The number of thiazole rings is 1. The van der Waals surface area contributed by atoms with Gasteiger partial charge < -0.3 is 5.32 Å². The van der Waals surface area contributed by atoms with Crippen LogP contribution in [0.2, 0.25) is 0 Å². The van der Waals surface area contributed by atoms with Crippen LogP contribution in [0.25, 0.3) is 10.6 Å². The number of hydrogen-bond donors (Lipinski definition) is 1. The molecule has 0 radical (unpaired) electrons. The monoisotopic (exact) mass is 258 g/mol. The number of aryl methyl sites for hydroxylation is 1. The Kier molecular flexibility index (Phi) is 3.43. The van der Waals surface area contributed by atoms with Gasteiger partial charge in [-0.25, -0.2) is 4.98 Å². The molecule has 1 atom stereocenters. The highest BCUT2D eigenvalue weighted by molar-refractivity contribution is 7.13. The Morgan fingerprint density at radius 2 is 2.28 bits per heavy atom. The average molecular weight is 258 g/mol. The van der Waals surface area contributed by atoms with Crippen LogP contribution in [-0.4, -0.2) is 11.5 Å². The van der Waals surface area contributed by atoms with Gasteiger partial charge in [-0.1, -0.05) is 30.2 Å². The molecule has 94 valence electrons. The predicted molar refractivity (Wildman–Crippen MR) is 76.9 cm³/mol. The van der Waals surface area contributed by atoms with Crippen molar-refractivity contribution in [1.82, 2.24) is 10.3 Å². The first kappa shape index (κ1) is 11.9. The van der Waals surface area contributed by atoms with Gasteiger partial charge in [0.05, 0.1) is 11.7 Å². The van der Waals surface area contributed by atoms with Crippen molar-refractivity contribution in [3.05, 3.63) is 40.9 Å². The fourth-order valence-electron chi connectivity index (χ4n) is 2.46. The van der Waals surface area contributed by atoms with E-state index in [1.807, 2.05) is 0 Å². The summed E-state index contributed by atoms with van der Waals surface area (Å²) < 4.78 is 0. The Labute approximate surface area is 112 Å². The van der Waals surface area contributed by atoms with E-state index >= 15 is 0 Å². The minimum absolute atomic E-state index is 0.466. The number of piperidine rings is 1. The van der Waals surface area contributed by atoms with E-state index < -0.39 is 0 Å². The summed E-state index contributed by atoms with van der Waals surface area (Å²) >= 11 is 1.75. The second-order valence-electron chi connectivity index (χ2n) is 4.95. The summed E-state index contributed by atoms with van der Waals surface area (Å²) in [4.78, 5) is 4.80. The molecule has 0 aliphatic carbocycles. The zero-order valence-corrected chi connectivity index (χ0v) is 11.5. The van der Waals surface area contributed by atoms with E-state index in [1.54, 1.807) is 11.3 Å². The highest BCUT2D eigenvalue weighted by atomic mass is 32.1. The largest absolute Gasteiger partial charge is 0.309 e. The standard InChI is InChI=1S/C15H18N2S/c1-11-5-4-6-12(9-11)15-17-14(10-18-15)13-7-2-3-8-16-13/h4-6,9-10,13,16H,2-3,7-8H2,1H3. The molecule has 0 spiro atoms. The minimum atomic E-state index is 0.466. The summed E-state index contributed by atoms with van der Waals surface area (Å²) in [5.41, 5.74) is 3.75. The van der Waals surface area contributed by atoms with Gasteiger partial charge in [0.25, 0.3) is 0 Å². The van der Waals surface area contributed by atoms with E-state index in [-0.39, 0.29) is 0 Å². The van der Waals surface area contributed by atoms with E-state index in [2.05, 4.69) is 41.9 Å². The van der Waals surface area contributed by atoms with Gasteiger partial charge in [0.2, 0.25) is 0 Å². The number of hydrogen-bond acceptors (Lipinski definition) is 3. The van der Waals surface area contributed by atoms with Gasteiger partial charge in [-0.3, -0.25) is 0 Å². The van der Waals surface area contributed by atoms with Gasteiger partial charge in [-0.15, -0.1) is 11.3 Å². The van der Waals surface area contributed by atoms with Crippen molar-refractivity contribution in [3.63, 3.8) is 0 Å². The van der Waals surface area contributed by atoms with Gasteiger partial charge in [0.1, 0.15) is 5.01 Å². The molecule has 2 heterocycles. The fraction of sp³-hybridized carbons (Fsp3) is 0.400. The van der Waals surface area contributed by atoms with E-state index in [0.717, 1.165) is 11.6 Å². The van der Waals surface area contributed by atoms with Gasteiger partial charge in [0, 0.05) is 10.9 Å². The number of aromatic nitrogens is 1. The van der Waals surface area contributed by atoms with Crippen molar-refractivity contribution >= 4 is 11.3 Å². The Balaban J connectivity index is 1.84. The predicted octanol–water partition coefficient (Wildman–Crippen LogP) is 3.93. The molecule has 0 amide bonds. The summed E-state index contributed by atoms with van der Waals surface area (Å²) in [5.74, 6) is 0. The van der Waals surface area contributed by atoms with E-state index in [9.17, 15) is 0 Å². The zero-order chi connectivity index (χ0) is 12.4. The van der Waals surface area contributed by atoms with Crippen LogP contribution in [0.5, 0.6) is 0 Å². The highest BCUT2D eigenvalue weighted by Crippen LogP contribution is 2.29. The molecule has 1 aliphatic heterocycles. The normalized spacial score (nSPS) is 19.9. The molecule has 2 aromatic rings. The number of nitrogens with zero attached hydrogens (tertiary/aromatic N) is 1. The van der Waals surface area contributed by atoms with E-state index in [0.29, 0.717) is 6.04 Å². The first-order valence-corrected chi connectivity index (χ1v) is 7.47. The quantitative estimate of drug-likeness (QED) is 0.882. The summed E-state index contributed by atoms with van der Waals surface area (Å²) in [6, 6.07) is 9.04. The van der Waals surface area contributed by atoms with Crippen LogP contribution in [0.3, 0.4) is 0 Å². The Morgan fingerprint density at radius 3 is 3.06 bits per heavy atom. The lowest BCUT2D eigenvalue weighted by Crippen LogP contribution is -2.26. The van der Waals surface area contributed by atoms with Crippen LogP contribution in [0, 0.1) is 6.92 Å². The maximum atomic E-state index is 4.80. The molecule has 18 heavy (non-hydrogen) atoms. The number of nitrogens with one attached hydrogen (secondary N) is 1. The van der Waals surface area contributed by atoms with Crippen LogP contribution in [0.15, 0.2) is 29.6 Å². The first-order valence-electron chi connectivity index (χ1n) is 6.59. The minimum Gasteiger partial charge on any atom is -0.309 e. The van der Waals surface area contributed by atoms with Crippen molar-refractivity contribution in [2.45, 2.75) is 32.2 Å². The summed E-state index contributed by atoms with van der Waals surface area (Å²) in [6.07, 6.45) is 3.83. The smallest absolute Gasteiger partial charge is 0.123 e. The maximum Gasteiger partial charge on any atom is 0.123 e. The van der Waals surface area contributed by atoms with Gasteiger partial charge >= 0.3 is 0 Å². The molecule has 1 N–H and O–H groups in total. The fourth-order valence-corrected chi connectivity index (χ4v) is 3.33. The van der Waals surface area contributed by atoms with E-state index in [4.69, 9.17) is 4.98 Å². The Hall–Kier alpha value is -1.19. The zero-order valence-electron chi connectivity index (χ0n) is 10.6. The Bertz CT molecular complexity index is 527. The Morgan fingerprint density at radius 1 is 1.33 bits per heavy atom. The highest BCUT2D eigenvalue weighted by Gasteiger charge is 2.17. The number of rotatable bonds is 2. The third-order valence-corrected chi connectivity index (χ3v) is 4.36. The molecule has 3 rings (SSSR count). The molecule has 1 aromatic carbocycles. The molecular weight excluding hydrogens is 240 g/mol. The van der Waals surface area contributed by atoms with Crippen molar-refractivity contribution in [1.29, 1.82) is 0 Å². The molecule has 2 nitrogen and oxygen atoms in total. The van der Waals surface area contributed by atoms with Crippen molar-refractivity contribution in [2.24, 2.45) is 0 Å².